The van der Waals surface area contributed by atoms with Gasteiger partial charge in [0, 0.05) is 44.2 Å². The van der Waals surface area contributed by atoms with Crippen LogP contribution in [0.4, 0.5) is 0 Å². The minimum atomic E-state index is -0.576. The maximum atomic E-state index is 12.2. The van der Waals surface area contributed by atoms with Gasteiger partial charge in [-0.25, -0.2) is 10.2 Å². The summed E-state index contributed by atoms with van der Waals surface area (Å²) in [6.45, 7) is 0.387. The summed E-state index contributed by atoms with van der Waals surface area (Å²) in [7, 11) is 1.81. The molecule has 0 bridgehead atoms. The Kier molecular flexibility index (Phi) is 11.9. The third kappa shape index (κ3) is 9.21. The number of aliphatic hydroxyl groups is 1. The number of hydrogen-bond acceptors (Lipinski definition) is 10. The summed E-state index contributed by atoms with van der Waals surface area (Å²) in [5.41, 5.74) is 7.38. The van der Waals surface area contributed by atoms with E-state index in [-0.39, 0.29) is 31.1 Å². The molecule has 12 nitrogen and oxygen atoms in total. The van der Waals surface area contributed by atoms with Gasteiger partial charge in [-0.3, -0.25) is 14.8 Å². The van der Waals surface area contributed by atoms with Gasteiger partial charge in [-0.05, 0) is 57.2 Å². The SMILES string of the molecule is Cn1nnnc1SC[C@H]1C[C@@H](c2ccc(CO)cc2)O[C@@H](c2ccc(-c3cccc(CNC(=O)CCCCC(=O)NO)c3)cc2)O1. The van der Waals surface area contributed by atoms with Crippen LogP contribution in [0.2, 0.25) is 0 Å². The summed E-state index contributed by atoms with van der Waals surface area (Å²) < 4.78 is 14.6. The number of thioether (sulfide) groups is 1. The molecule has 5 rings (SSSR count). The van der Waals surface area contributed by atoms with Crippen LogP contribution in [0.3, 0.4) is 0 Å². The first kappa shape index (κ1) is 33.2. The van der Waals surface area contributed by atoms with Crippen LogP contribution < -0.4 is 10.8 Å². The van der Waals surface area contributed by atoms with Gasteiger partial charge in [0.2, 0.25) is 17.0 Å². The van der Waals surface area contributed by atoms with E-state index in [4.69, 9.17) is 14.7 Å². The molecule has 3 atom stereocenters. The van der Waals surface area contributed by atoms with Crippen molar-refractivity contribution in [3.05, 3.63) is 95.1 Å². The zero-order valence-corrected chi connectivity index (χ0v) is 26.4. The molecule has 13 heteroatoms. The van der Waals surface area contributed by atoms with E-state index in [0.717, 1.165) is 33.4 Å². The average molecular weight is 647 g/mol. The molecule has 0 unspecified atom stereocenters. The standard InChI is InChI=1S/C33H38N6O6S/c1-39-33(35-37-38-39)46-21-28-18-29(25-11-9-22(20-40)10-12-25)45-32(44-28)26-15-13-24(14-16-26)27-6-4-5-23(17-27)19-34-30(41)7-2-3-8-31(42)36-43/h4-6,9-17,28-29,32,40,43H,2-3,7-8,18-21H2,1H3,(H,34,41)(H,36,42)/t28-,29+,32+/m1/s1. The number of aryl methyl sites for hydroxylation is 1. The van der Waals surface area contributed by atoms with Crippen molar-refractivity contribution >= 4 is 23.6 Å². The molecule has 1 fully saturated rings. The Morgan fingerprint density at radius 1 is 0.935 bits per heavy atom. The number of tetrazole rings is 1. The maximum absolute atomic E-state index is 12.2. The van der Waals surface area contributed by atoms with Crippen LogP contribution in [0.1, 0.15) is 66.8 Å². The fraction of sp³-hybridized carbons (Fsp3) is 0.364. The van der Waals surface area contributed by atoms with Crippen molar-refractivity contribution in [1.82, 2.24) is 31.0 Å². The first-order chi connectivity index (χ1) is 22.4. The van der Waals surface area contributed by atoms with E-state index in [2.05, 4.69) is 26.9 Å². The van der Waals surface area contributed by atoms with E-state index < -0.39 is 12.2 Å². The first-order valence-electron chi connectivity index (χ1n) is 15.2. The maximum Gasteiger partial charge on any atom is 0.243 e. The number of carbonyl (C=O) groups is 2. The minimum Gasteiger partial charge on any atom is -0.392 e. The monoisotopic (exact) mass is 646 g/mol. The van der Waals surface area contributed by atoms with Gasteiger partial charge in [0.25, 0.3) is 0 Å². The van der Waals surface area contributed by atoms with Crippen molar-refractivity contribution in [1.29, 1.82) is 0 Å². The molecule has 2 amide bonds. The number of aliphatic hydroxyl groups excluding tert-OH is 1. The highest BCUT2D eigenvalue weighted by atomic mass is 32.2. The van der Waals surface area contributed by atoms with Crippen molar-refractivity contribution in [3.8, 4) is 11.1 Å². The molecular formula is C33H38N6O6S. The molecule has 46 heavy (non-hydrogen) atoms. The van der Waals surface area contributed by atoms with Crippen LogP contribution in [0.25, 0.3) is 11.1 Å². The molecule has 1 aliphatic rings. The predicted octanol–water partition coefficient (Wildman–Crippen LogP) is 4.39. The quantitative estimate of drug-likeness (QED) is 0.0670. The minimum absolute atomic E-state index is 0.0124. The second-order valence-electron chi connectivity index (χ2n) is 11.1. The molecule has 242 valence electrons. The molecule has 0 saturated carbocycles. The van der Waals surface area contributed by atoms with E-state index in [1.165, 1.54) is 11.8 Å². The third-order valence-electron chi connectivity index (χ3n) is 7.71. The summed E-state index contributed by atoms with van der Waals surface area (Å²) in [5, 5.41) is 33.4. The summed E-state index contributed by atoms with van der Waals surface area (Å²) in [5.74, 6) is 0.120. The Balaban J connectivity index is 1.22. The lowest BCUT2D eigenvalue weighted by Gasteiger charge is -2.36. The van der Waals surface area contributed by atoms with E-state index in [0.29, 0.717) is 43.1 Å². The molecular weight excluding hydrogens is 608 g/mol. The molecule has 0 spiro atoms. The Bertz CT molecular complexity index is 1580. The molecule has 2 heterocycles. The Morgan fingerprint density at radius 2 is 1.67 bits per heavy atom. The van der Waals surface area contributed by atoms with E-state index in [1.54, 1.807) is 10.2 Å². The number of nitrogens with zero attached hydrogens (tertiary/aromatic N) is 4. The van der Waals surface area contributed by atoms with Gasteiger partial charge in [-0.1, -0.05) is 78.5 Å². The normalized spacial score (nSPS) is 17.8. The zero-order chi connectivity index (χ0) is 32.3. The second kappa shape index (κ2) is 16.4. The van der Waals surface area contributed by atoms with Gasteiger partial charge in [-0.15, -0.1) is 5.10 Å². The molecule has 3 aromatic carbocycles. The number of hydrogen-bond donors (Lipinski definition) is 4. The Hall–Kier alpha value is -4.14. The number of carbonyl (C=O) groups excluding carboxylic acids is 2. The highest BCUT2D eigenvalue weighted by Gasteiger charge is 2.32. The molecule has 4 aromatic rings. The van der Waals surface area contributed by atoms with Gasteiger partial charge in [-0.2, -0.15) is 0 Å². The molecule has 1 aliphatic heterocycles. The fourth-order valence-corrected chi connectivity index (χ4v) is 6.01. The van der Waals surface area contributed by atoms with Crippen LogP contribution in [-0.4, -0.2) is 54.2 Å². The van der Waals surface area contributed by atoms with E-state index >= 15 is 0 Å². The molecule has 0 aliphatic carbocycles. The largest absolute Gasteiger partial charge is 0.392 e. The van der Waals surface area contributed by atoms with Gasteiger partial charge >= 0.3 is 0 Å². The van der Waals surface area contributed by atoms with Gasteiger partial charge < -0.3 is 19.9 Å². The van der Waals surface area contributed by atoms with Crippen LogP contribution in [0.15, 0.2) is 78.0 Å². The number of aromatic nitrogens is 4. The fourth-order valence-electron chi connectivity index (χ4n) is 5.14. The van der Waals surface area contributed by atoms with Crippen LogP contribution in [-0.2, 0) is 39.3 Å². The lowest BCUT2D eigenvalue weighted by atomic mass is 9.99. The Morgan fingerprint density at radius 3 is 2.37 bits per heavy atom. The van der Waals surface area contributed by atoms with Gasteiger partial charge in [0.05, 0.1) is 18.8 Å². The van der Waals surface area contributed by atoms with Crippen molar-refractivity contribution < 1.29 is 29.4 Å². The van der Waals surface area contributed by atoms with Crippen molar-refractivity contribution in [2.45, 2.75) is 68.9 Å². The Labute approximate surface area is 271 Å². The third-order valence-corrected chi connectivity index (χ3v) is 8.85. The highest BCUT2D eigenvalue weighted by Crippen LogP contribution is 2.39. The summed E-state index contributed by atoms with van der Waals surface area (Å²) in [6.07, 6.45) is 1.37. The number of amides is 2. The molecule has 4 N–H and O–H groups in total. The van der Waals surface area contributed by atoms with Crippen molar-refractivity contribution in [3.63, 3.8) is 0 Å². The number of benzene rings is 3. The first-order valence-corrected chi connectivity index (χ1v) is 16.1. The topological polar surface area (TPSA) is 161 Å². The van der Waals surface area contributed by atoms with Crippen molar-refractivity contribution in [2.24, 2.45) is 7.05 Å². The zero-order valence-electron chi connectivity index (χ0n) is 25.5. The lowest BCUT2D eigenvalue weighted by Crippen LogP contribution is -2.31. The van der Waals surface area contributed by atoms with Crippen LogP contribution in [0.5, 0.6) is 0 Å². The smallest absolute Gasteiger partial charge is 0.243 e. The second-order valence-corrected chi connectivity index (χ2v) is 12.1. The number of unbranched alkanes of at least 4 members (excludes halogenated alkanes) is 1. The summed E-state index contributed by atoms with van der Waals surface area (Å²) in [4.78, 5) is 23.3. The highest BCUT2D eigenvalue weighted by molar-refractivity contribution is 7.99. The average Bonchev–Trinajstić information content (AvgIpc) is 3.52. The summed E-state index contributed by atoms with van der Waals surface area (Å²) >= 11 is 1.54. The van der Waals surface area contributed by atoms with Crippen molar-refractivity contribution in [2.75, 3.05) is 5.75 Å². The number of rotatable bonds is 14. The van der Waals surface area contributed by atoms with Gasteiger partial charge in [0.15, 0.2) is 6.29 Å². The molecule has 1 aromatic heterocycles. The number of hydroxylamine groups is 1. The predicted molar refractivity (Wildman–Crippen MR) is 170 cm³/mol. The summed E-state index contributed by atoms with van der Waals surface area (Å²) in [6, 6.07) is 23.9. The van der Waals surface area contributed by atoms with Gasteiger partial charge in [0.1, 0.15) is 0 Å². The molecule has 0 radical (unpaired) electrons. The number of ether oxygens (including phenoxy) is 2. The van der Waals surface area contributed by atoms with E-state index in [1.807, 2.05) is 73.8 Å². The molecule has 1 saturated heterocycles. The van der Waals surface area contributed by atoms with E-state index in [9.17, 15) is 14.7 Å². The number of nitrogens with one attached hydrogen (secondary N) is 2. The lowest BCUT2D eigenvalue weighted by molar-refractivity contribution is -0.245. The van der Waals surface area contributed by atoms with Crippen LogP contribution in [0, 0.1) is 0 Å². The van der Waals surface area contributed by atoms with Crippen LogP contribution >= 0.6 is 11.8 Å².